The maximum Gasteiger partial charge on any atom is 0.130 e. The summed E-state index contributed by atoms with van der Waals surface area (Å²) in [6, 6.07) is 2.08. The minimum atomic E-state index is 0.425. The molecule has 0 aliphatic carbocycles. The van der Waals surface area contributed by atoms with Crippen molar-refractivity contribution in [2.75, 3.05) is 7.11 Å². The average Bonchev–Trinajstić information content (AvgIpc) is 2.89. The second-order valence-electron chi connectivity index (χ2n) is 6.18. The smallest absolute Gasteiger partial charge is 0.130 e. The van der Waals surface area contributed by atoms with Crippen molar-refractivity contribution in [3.8, 4) is 5.75 Å². The molecular formula is C19H20BrNO. The summed E-state index contributed by atoms with van der Waals surface area (Å²) in [7, 11) is 1.72. The van der Waals surface area contributed by atoms with Crippen molar-refractivity contribution >= 4 is 51.3 Å². The van der Waals surface area contributed by atoms with E-state index in [1.54, 1.807) is 7.11 Å². The van der Waals surface area contributed by atoms with Crippen LogP contribution < -0.4 is 15.2 Å². The van der Waals surface area contributed by atoms with Gasteiger partial charge in [-0.05, 0) is 35.3 Å². The van der Waals surface area contributed by atoms with E-state index in [1.807, 2.05) is 0 Å². The Bertz CT molecular complexity index is 925. The van der Waals surface area contributed by atoms with Crippen molar-refractivity contribution < 1.29 is 4.74 Å². The zero-order valence-electron chi connectivity index (χ0n) is 13.5. The maximum absolute atomic E-state index is 5.71. The minimum absolute atomic E-state index is 0.425. The number of aliphatic imine (C=N–C) groups is 1. The monoisotopic (exact) mass is 357 g/mol. The molecule has 2 aromatic carbocycles. The van der Waals surface area contributed by atoms with E-state index in [2.05, 4.69) is 55.9 Å². The number of hydrogen-bond acceptors (Lipinski definition) is 2. The van der Waals surface area contributed by atoms with Gasteiger partial charge in [0, 0.05) is 32.6 Å². The Morgan fingerprint density at radius 1 is 1.23 bits per heavy atom. The van der Waals surface area contributed by atoms with Crippen LogP contribution in [0.15, 0.2) is 15.5 Å². The Labute approximate surface area is 139 Å². The number of methoxy groups -OCH3 is 1. The Balaban J connectivity index is 2.53. The van der Waals surface area contributed by atoms with Crippen LogP contribution in [-0.4, -0.2) is 12.8 Å². The standard InChI is InChI=1S/C19H20BrNO/c1-9(2)15-8-13-17-16(11(4)12(5)18(13)21-15)14(20)7-10(3)19(17)22-6/h7,9H,4-5,8H2,1-3,6H3. The van der Waals surface area contributed by atoms with E-state index in [1.165, 1.54) is 11.3 Å². The van der Waals surface area contributed by atoms with Gasteiger partial charge in [-0.15, -0.1) is 0 Å². The molecule has 0 amide bonds. The Kier molecular flexibility index (Phi) is 3.64. The first-order valence-corrected chi connectivity index (χ1v) is 8.23. The summed E-state index contributed by atoms with van der Waals surface area (Å²) in [4.78, 5) is 4.84. The lowest BCUT2D eigenvalue weighted by Crippen LogP contribution is -2.24. The van der Waals surface area contributed by atoms with Gasteiger partial charge in [-0.1, -0.05) is 42.9 Å². The SMILES string of the molecule is C=c1c2c(c3c(OC)c(C)cc(Br)c3c1=C)CC(C(C)C)=N2. The molecule has 0 N–H and O–H groups in total. The first-order valence-electron chi connectivity index (χ1n) is 7.43. The lowest BCUT2D eigenvalue weighted by atomic mass is 9.93. The van der Waals surface area contributed by atoms with Crippen LogP contribution >= 0.6 is 15.9 Å². The minimum Gasteiger partial charge on any atom is -0.496 e. The fourth-order valence-corrected chi connectivity index (χ4v) is 3.98. The van der Waals surface area contributed by atoms with Crippen LogP contribution in [0.2, 0.25) is 0 Å². The fourth-order valence-electron chi connectivity index (χ4n) is 3.20. The molecule has 114 valence electrons. The summed E-state index contributed by atoms with van der Waals surface area (Å²) < 4.78 is 6.75. The number of halogens is 1. The molecule has 1 aliphatic heterocycles. The normalized spacial score (nSPS) is 13.6. The van der Waals surface area contributed by atoms with Crippen molar-refractivity contribution in [1.82, 2.24) is 0 Å². The molecule has 0 aromatic heterocycles. The first-order chi connectivity index (χ1) is 10.4. The summed E-state index contributed by atoms with van der Waals surface area (Å²) in [5.74, 6) is 1.34. The average molecular weight is 358 g/mol. The molecule has 1 aliphatic rings. The number of fused-ring (bicyclic) bond motifs is 3. The van der Waals surface area contributed by atoms with Gasteiger partial charge in [0.05, 0.1) is 12.8 Å². The van der Waals surface area contributed by atoms with Gasteiger partial charge >= 0.3 is 0 Å². The van der Waals surface area contributed by atoms with Gasteiger partial charge in [0.1, 0.15) is 5.75 Å². The molecular weight excluding hydrogens is 338 g/mol. The van der Waals surface area contributed by atoms with Gasteiger partial charge < -0.3 is 4.74 Å². The molecule has 0 atom stereocenters. The van der Waals surface area contributed by atoms with Crippen molar-refractivity contribution in [3.05, 3.63) is 32.1 Å². The molecule has 3 rings (SSSR count). The lowest BCUT2D eigenvalue weighted by molar-refractivity contribution is 0.416. The van der Waals surface area contributed by atoms with E-state index >= 15 is 0 Å². The molecule has 0 unspecified atom stereocenters. The third kappa shape index (κ3) is 2.03. The molecule has 2 aromatic rings. The molecule has 1 heterocycles. The predicted octanol–water partition coefficient (Wildman–Crippen LogP) is 4.02. The van der Waals surface area contributed by atoms with Crippen LogP contribution in [0.4, 0.5) is 5.69 Å². The number of rotatable bonds is 2. The summed E-state index contributed by atoms with van der Waals surface area (Å²) in [5, 5.41) is 4.06. The summed E-state index contributed by atoms with van der Waals surface area (Å²) in [6.07, 6.45) is 0.860. The first kappa shape index (κ1) is 15.3. The molecule has 0 fully saturated rings. The third-order valence-corrected chi connectivity index (χ3v) is 5.07. The third-order valence-electron chi connectivity index (χ3n) is 4.44. The van der Waals surface area contributed by atoms with Gasteiger partial charge in [0.25, 0.3) is 0 Å². The summed E-state index contributed by atoms with van der Waals surface area (Å²) in [6.45, 7) is 14.9. The van der Waals surface area contributed by atoms with Gasteiger partial charge in [0.15, 0.2) is 0 Å². The fraction of sp³-hybridized carbons (Fsp3) is 0.316. The highest BCUT2D eigenvalue weighted by Crippen LogP contribution is 2.40. The van der Waals surface area contributed by atoms with Gasteiger partial charge in [-0.25, -0.2) is 0 Å². The molecule has 2 nitrogen and oxygen atoms in total. The summed E-state index contributed by atoms with van der Waals surface area (Å²) >= 11 is 3.69. The quantitative estimate of drug-likeness (QED) is 0.795. The molecule has 0 radical (unpaired) electrons. The highest BCUT2D eigenvalue weighted by atomic mass is 79.9. The largest absolute Gasteiger partial charge is 0.496 e. The van der Waals surface area contributed by atoms with Crippen LogP contribution in [0, 0.1) is 12.8 Å². The zero-order chi connectivity index (χ0) is 16.2. The van der Waals surface area contributed by atoms with Crippen LogP contribution in [0.5, 0.6) is 5.75 Å². The number of nitrogens with zero attached hydrogens (tertiary/aromatic N) is 1. The molecule has 3 heteroatoms. The van der Waals surface area contributed by atoms with E-state index in [0.717, 1.165) is 49.1 Å². The lowest BCUT2D eigenvalue weighted by Gasteiger charge is -2.15. The second kappa shape index (κ2) is 5.24. The van der Waals surface area contributed by atoms with Crippen molar-refractivity contribution in [2.24, 2.45) is 10.9 Å². The van der Waals surface area contributed by atoms with Crippen LogP contribution in [0.1, 0.15) is 25.0 Å². The van der Waals surface area contributed by atoms with Gasteiger partial charge in [0.2, 0.25) is 0 Å². The van der Waals surface area contributed by atoms with Crippen LogP contribution in [-0.2, 0) is 6.42 Å². The Morgan fingerprint density at radius 3 is 2.50 bits per heavy atom. The van der Waals surface area contributed by atoms with Crippen molar-refractivity contribution in [3.63, 3.8) is 0 Å². The summed E-state index contributed by atoms with van der Waals surface area (Å²) in [5.41, 5.74) is 4.51. The Hall–Kier alpha value is -1.61. The van der Waals surface area contributed by atoms with Gasteiger partial charge in [-0.3, -0.25) is 4.99 Å². The van der Waals surface area contributed by atoms with E-state index in [-0.39, 0.29) is 0 Å². The van der Waals surface area contributed by atoms with Crippen LogP contribution in [0.25, 0.3) is 23.9 Å². The molecule has 0 spiro atoms. The highest BCUT2D eigenvalue weighted by Gasteiger charge is 2.24. The van der Waals surface area contributed by atoms with E-state index in [4.69, 9.17) is 9.73 Å². The van der Waals surface area contributed by atoms with Gasteiger partial charge in [-0.2, -0.15) is 0 Å². The van der Waals surface area contributed by atoms with Crippen LogP contribution in [0.3, 0.4) is 0 Å². The molecule has 0 bridgehead atoms. The molecule has 22 heavy (non-hydrogen) atoms. The number of hydrogen-bond donors (Lipinski definition) is 0. The van der Waals surface area contributed by atoms with E-state index < -0.39 is 0 Å². The predicted molar refractivity (Wildman–Crippen MR) is 98.9 cm³/mol. The number of benzene rings is 2. The molecule has 0 saturated carbocycles. The van der Waals surface area contributed by atoms with Crippen molar-refractivity contribution in [1.29, 1.82) is 0 Å². The van der Waals surface area contributed by atoms with E-state index in [9.17, 15) is 0 Å². The molecule has 0 saturated heterocycles. The highest BCUT2D eigenvalue weighted by molar-refractivity contribution is 9.10. The Morgan fingerprint density at radius 2 is 1.91 bits per heavy atom. The van der Waals surface area contributed by atoms with E-state index in [0.29, 0.717) is 5.92 Å². The topological polar surface area (TPSA) is 21.6 Å². The zero-order valence-corrected chi connectivity index (χ0v) is 15.1. The van der Waals surface area contributed by atoms with Crippen molar-refractivity contribution in [2.45, 2.75) is 27.2 Å². The second-order valence-corrected chi connectivity index (χ2v) is 7.03. The number of aryl methyl sites for hydroxylation is 1. The number of ether oxygens (including phenoxy) is 1. The maximum atomic E-state index is 5.71.